The van der Waals surface area contributed by atoms with E-state index >= 15 is 0 Å². The topological polar surface area (TPSA) is 54.5 Å². The third-order valence-corrected chi connectivity index (χ3v) is 3.65. The van der Waals surface area contributed by atoms with Gasteiger partial charge >= 0.3 is 0 Å². The monoisotopic (exact) mass is 299 g/mol. The zero-order valence-corrected chi connectivity index (χ0v) is 12.8. The molecule has 0 saturated carbocycles. The van der Waals surface area contributed by atoms with Crippen molar-refractivity contribution in [1.82, 2.24) is 15.2 Å². The third-order valence-electron chi connectivity index (χ3n) is 3.65. The minimum atomic E-state index is -0.0952. The Morgan fingerprint density at radius 3 is 3.10 bits per heavy atom. The van der Waals surface area contributed by atoms with Crippen molar-refractivity contribution in [2.75, 3.05) is 26.7 Å². The summed E-state index contributed by atoms with van der Waals surface area (Å²) in [6.07, 6.45) is 5.53. The van der Waals surface area contributed by atoms with Gasteiger partial charge in [-0.05, 0) is 32.0 Å². The molecule has 1 fully saturated rings. The lowest BCUT2D eigenvalue weighted by atomic mass is 10.2. The van der Waals surface area contributed by atoms with E-state index in [-0.39, 0.29) is 18.3 Å². The van der Waals surface area contributed by atoms with Crippen LogP contribution in [0.25, 0.3) is 0 Å². The summed E-state index contributed by atoms with van der Waals surface area (Å²) in [6.45, 7) is 5.03. The number of pyridine rings is 1. The Kier molecular flexibility index (Phi) is 6.75. The molecular formula is C14H22ClN3O2. The van der Waals surface area contributed by atoms with Crippen LogP contribution in [0.1, 0.15) is 30.1 Å². The molecule has 2 rings (SSSR count). The SMILES string of the molecule is CCN1CCCC1CNC(=O)c1ccncc1OC.Cl. The number of likely N-dealkylation sites (tertiary alicyclic amines) is 1. The first-order valence-electron chi connectivity index (χ1n) is 6.76. The van der Waals surface area contributed by atoms with Crippen molar-refractivity contribution in [1.29, 1.82) is 0 Å². The average Bonchev–Trinajstić information content (AvgIpc) is 2.92. The minimum absolute atomic E-state index is 0. The van der Waals surface area contributed by atoms with Crippen molar-refractivity contribution >= 4 is 18.3 Å². The maximum Gasteiger partial charge on any atom is 0.255 e. The van der Waals surface area contributed by atoms with E-state index in [1.54, 1.807) is 25.6 Å². The summed E-state index contributed by atoms with van der Waals surface area (Å²) in [5.41, 5.74) is 0.540. The summed E-state index contributed by atoms with van der Waals surface area (Å²) in [7, 11) is 1.55. The van der Waals surface area contributed by atoms with Crippen molar-refractivity contribution in [2.45, 2.75) is 25.8 Å². The molecule has 112 valence electrons. The van der Waals surface area contributed by atoms with E-state index in [1.807, 2.05) is 0 Å². The van der Waals surface area contributed by atoms with E-state index in [4.69, 9.17) is 4.74 Å². The molecule has 6 heteroatoms. The van der Waals surface area contributed by atoms with Gasteiger partial charge in [0.05, 0.1) is 18.9 Å². The number of halogens is 1. The molecule has 1 saturated heterocycles. The highest BCUT2D eigenvalue weighted by atomic mass is 35.5. The van der Waals surface area contributed by atoms with Gasteiger partial charge in [-0.15, -0.1) is 12.4 Å². The molecule has 1 amide bonds. The zero-order valence-electron chi connectivity index (χ0n) is 12.0. The van der Waals surface area contributed by atoms with E-state index < -0.39 is 0 Å². The zero-order chi connectivity index (χ0) is 13.7. The van der Waals surface area contributed by atoms with Gasteiger partial charge in [0.2, 0.25) is 0 Å². The lowest BCUT2D eigenvalue weighted by Gasteiger charge is -2.23. The summed E-state index contributed by atoms with van der Waals surface area (Å²) in [5, 5.41) is 2.99. The van der Waals surface area contributed by atoms with Gasteiger partial charge in [0.15, 0.2) is 0 Å². The summed E-state index contributed by atoms with van der Waals surface area (Å²) in [4.78, 5) is 18.5. The first-order valence-corrected chi connectivity index (χ1v) is 6.76. The van der Waals surface area contributed by atoms with Crippen LogP contribution in [0, 0.1) is 0 Å². The van der Waals surface area contributed by atoms with E-state index in [0.717, 1.165) is 19.5 Å². The number of nitrogens with one attached hydrogen (secondary N) is 1. The average molecular weight is 300 g/mol. The fourth-order valence-electron chi connectivity index (χ4n) is 2.58. The predicted octanol–water partition coefficient (Wildman–Crippen LogP) is 1.73. The molecule has 1 unspecified atom stereocenters. The smallest absolute Gasteiger partial charge is 0.255 e. The van der Waals surface area contributed by atoms with Gasteiger partial charge in [0.1, 0.15) is 5.75 Å². The molecule has 0 aliphatic carbocycles. The van der Waals surface area contributed by atoms with Gasteiger partial charge in [-0.25, -0.2) is 0 Å². The van der Waals surface area contributed by atoms with Gasteiger partial charge in [0.25, 0.3) is 5.91 Å². The highest BCUT2D eigenvalue weighted by Crippen LogP contribution is 2.17. The van der Waals surface area contributed by atoms with Crippen molar-refractivity contribution in [3.63, 3.8) is 0 Å². The van der Waals surface area contributed by atoms with Gasteiger partial charge in [0, 0.05) is 18.8 Å². The molecule has 1 aromatic rings. The fourth-order valence-corrected chi connectivity index (χ4v) is 2.58. The fraction of sp³-hybridized carbons (Fsp3) is 0.571. The van der Waals surface area contributed by atoms with Crippen LogP contribution in [0.5, 0.6) is 5.75 Å². The Morgan fingerprint density at radius 1 is 1.60 bits per heavy atom. The van der Waals surface area contributed by atoms with Crippen LogP contribution in [0.2, 0.25) is 0 Å². The number of hydrogen-bond acceptors (Lipinski definition) is 4. The number of methoxy groups -OCH3 is 1. The molecule has 1 aliphatic rings. The van der Waals surface area contributed by atoms with Crippen molar-refractivity contribution in [3.8, 4) is 5.75 Å². The number of hydrogen-bond donors (Lipinski definition) is 1. The maximum atomic E-state index is 12.1. The van der Waals surface area contributed by atoms with Crippen LogP contribution in [-0.2, 0) is 0 Å². The predicted molar refractivity (Wildman–Crippen MR) is 80.6 cm³/mol. The second kappa shape index (κ2) is 8.07. The van der Waals surface area contributed by atoms with Gasteiger partial charge in [-0.3, -0.25) is 14.7 Å². The normalized spacial score (nSPS) is 18.4. The van der Waals surface area contributed by atoms with Crippen LogP contribution in [-0.4, -0.2) is 48.6 Å². The maximum absolute atomic E-state index is 12.1. The Morgan fingerprint density at radius 2 is 2.40 bits per heavy atom. The van der Waals surface area contributed by atoms with Gasteiger partial charge in [-0.1, -0.05) is 6.92 Å². The van der Waals surface area contributed by atoms with Crippen LogP contribution < -0.4 is 10.1 Å². The number of likely N-dealkylation sites (N-methyl/N-ethyl adjacent to an activating group) is 1. The molecule has 0 radical (unpaired) electrons. The number of aromatic nitrogens is 1. The Bertz CT molecular complexity index is 442. The van der Waals surface area contributed by atoms with E-state index in [0.29, 0.717) is 23.9 Å². The second-order valence-corrected chi connectivity index (χ2v) is 4.71. The van der Waals surface area contributed by atoms with Gasteiger partial charge in [-0.2, -0.15) is 0 Å². The number of nitrogens with zero attached hydrogens (tertiary/aromatic N) is 2. The van der Waals surface area contributed by atoms with Gasteiger partial charge < -0.3 is 10.1 Å². The number of ether oxygens (including phenoxy) is 1. The first-order chi connectivity index (χ1) is 9.26. The lowest BCUT2D eigenvalue weighted by Crippen LogP contribution is -2.40. The quantitative estimate of drug-likeness (QED) is 0.899. The summed E-state index contributed by atoms with van der Waals surface area (Å²) in [6, 6.07) is 2.14. The number of carbonyl (C=O) groups is 1. The molecule has 0 bridgehead atoms. The van der Waals surface area contributed by atoms with Crippen molar-refractivity contribution in [2.24, 2.45) is 0 Å². The molecule has 0 aromatic carbocycles. The molecule has 1 N–H and O–H groups in total. The molecule has 1 aromatic heterocycles. The summed E-state index contributed by atoms with van der Waals surface area (Å²) < 4.78 is 5.15. The highest BCUT2D eigenvalue weighted by molar-refractivity contribution is 5.96. The summed E-state index contributed by atoms with van der Waals surface area (Å²) >= 11 is 0. The van der Waals surface area contributed by atoms with Crippen LogP contribution in [0.15, 0.2) is 18.5 Å². The molecule has 2 heterocycles. The van der Waals surface area contributed by atoms with E-state index in [9.17, 15) is 4.79 Å². The molecule has 5 nitrogen and oxygen atoms in total. The number of amides is 1. The van der Waals surface area contributed by atoms with Crippen LogP contribution >= 0.6 is 12.4 Å². The summed E-state index contributed by atoms with van der Waals surface area (Å²) in [5.74, 6) is 0.418. The van der Waals surface area contributed by atoms with Crippen molar-refractivity contribution < 1.29 is 9.53 Å². The Balaban J connectivity index is 0.00000200. The first kappa shape index (κ1) is 16.7. The van der Waals surface area contributed by atoms with E-state index in [2.05, 4.69) is 22.1 Å². The molecule has 1 atom stereocenters. The molecule has 0 spiro atoms. The van der Waals surface area contributed by atoms with Crippen molar-refractivity contribution in [3.05, 3.63) is 24.0 Å². The number of rotatable bonds is 5. The largest absolute Gasteiger partial charge is 0.494 e. The molecule has 20 heavy (non-hydrogen) atoms. The standard InChI is InChI=1S/C14H21N3O2.ClH/c1-3-17-8-4-5-11(17)9-16-14(18)12-6-7-15-10-13(12)19-2;/h6-7,10-11H,3-5,8-9H2,1-2H3,(H,16,18);1H. The Labute approximate surface area is 126 Å². The number of carbonyl (C=O) groups excluding carboxylic acids is 1. The third kappa shape index (κ3) is 3.84. The molecular weight excluding hydrogens is 278 g/mol. The van der Waals surface area contributed by atoms with Crippen LogP contribution in [0.3, 0.4) is 0 Å². The molecule has 1 aliphatic heterocycles. The van der Waals surface area contributed by atoms with Crippen LogP contribution in [0.4, 0.5) is 0 Å². The Hall–Kier alpha value is -1.33. The highest BCUT2D eigenvalue weighted by Gasteiger charge is 2.23. The second-order valence-electron chi connectivity index (χ2n) is 4.71. The minimum Gasteiger partial charge on any atom is -0.494 e. The lowest BCUT2D eigenvalue weighted by molar-refractivity contribution is 0.0938. The van der Waals surface area contributed by atoms with E-state index in [1.165, 1.54) is 6.42 Å².